The van der Waals surface area contributed by atoms with Crippen molar-refractivity contribution >= 4 is 18.9 Å². The topological polar surface area (TPSA) is 40.5 Å². The lowest BCUT2D eigenvalue weighted by atomic mass is 10.0. The summed E-state index contributed by atoms with van der Waals surface area (Å²) in [7, 11) is -3.64. The van der Waals surface area contributed by atoms with Crippen molar-refractivity contribution in [2.75, 3.05) is 0 Å². The standard InChI is InChI=1S/C40H68O2Si/c1-3-5-7-9-11-13-15-17-19-21-23-25-27-37-29-33-39(34-30-37)43(41,42)40-35-31-38(32-36-40)28-26-24-22-20-18-16-14-12-10-8-6-4-2/h29-36,41-42H,3-28H2,1-2H3. The molecule has 0 unspecified atom stereocenters. The van der Waals surface area contributed by atoms with Crippen molar-refractivity contribution in [3.8, 4) is 0 Å². The summed E-state index contributed by atoms with van der Waals surface area (Å²) in [4.78, 5) is 22.2. The summed E-state index contributed by atoms with van der Waals surface area (Å²) in [6.45, 7) is 4.57. The zero-order valence-corrected chi connectivity index (χ0v) is 29.4. The highest BCUT2D eigenvalue weighted by Crippen LogP contribution is 2.15. The maximum absolute atomic E-state index is 11.1. The number of benzene rings is 2. The smallest absolute Gasteiger partial charge is 0.401 e. The van der Waals surface area contributed by atoms with E-state index in [1.54, 1.807) is 0 Å². The van der Waals surface area contributed by atoms with Gasteiger partial charge in [-0.2, -0.15) is 0 Å². The second kappa shape index (κ2) is 24.8. The molecule has 0 atom stereocenters. The summed E-state index contributed by atoms with van der Waals surface area (Å²) < 4.78 is 0. The molecule has 2 nitrogen and oxygen atoms in total. The first kappa shape index (κ1) is 37.8. The van der Waals surface area contributed by atoms with E-state index in [9.17, 15) is 9.59 Å². The van der Waals surface area contributed by atoms with E-state index in [1.165, 1.54) is 165 Å². The lowest BCUT2D eigenvalue weighted by Gasteiger charge is -2.19. The molecule has 2 rings (SSSR count). The maximum atomic E-state index is 11.1. The van der Waals surface area contributed by atoms with Crippen molar-refractivity contribution in [3.05, 3.63) is 59.7 Å². The highest BCUT2D eigenvalue weighted by molar-refractivity contribution is 6.90. The summed E-state index contributed by atoms with van der Waals surface area (Å²) in [6.07, 6.45) is 35.1. The van der Waals surface area contributed by atoms with Gasteiger partial charge in [0.05, 0.1) is 0 Å². The third-order valence-corrected chi connectivity index (χ3v) is 11.6. The molecule has 0 fully saturated rings. The van der Waals surface area contributed by atoms with Gasteiger partial charge >= 0.3 is 8.56 Å². The Labute approximate surface area is 268 Å². The lowest BCUT2D eigenvalue weighted by Crippen LogP contribution is -2.59. The molecule has 2 aromatic carbocycles. The minimum Gasteiger partial charge on any atom is -0.404 e. The Kier molecular flexibility index (Phi) is 21.8. The van der Waals surface area contributed by atoms with E-state index in [1.807, 2.05) is 24.3 Å². The van der Waals surface area contributed by atoms with E-state index in [-0.39, 0.29) is 0 Å². The van der Waals surface area contributed by atoms with Gasteiger partial charge in [0.15, 0.2) is 0 Å². The summed E-state index contributed by atoms with van der Waals surface area (Å²) in [6, 6.07) is 16.2. The molecule has 0 aliphatic carbocycles. The Morgan fingerprint density at radius 3 is 0.837 bits per heavy atom. The van der Waals surface area contributed by atoms with Crippen LogP contribution >= 0.6 is 0 Å². The normalized spacial score (nSPS) is 11.8. The number of rotatable bonds is 28. The second-order valence-electron chi connectivity index (χ2n) is 13.3. The Morgan fingerprint density at radius 1 is 0.349 bits per heavy atom. The Balaban J connectivity index is 1.56. The fraction of sp³-hybridized carbons (Fsp3) is 0.700. The van der Waals surface area contributed by atoms with E-state index in [0.717, 1.165) is 12.8 Å². The highest BCUT2D eigenvalue weighted by atomic mass is 28.4. The van der Waals surface area contributed by atoms with Crippen LogP contribution in [0.3, 0.4) is 0 Å². The quantitative estimate of drug-likeness (QED) is 0.0745. The SMILES string of the molecule is CCCCCCCCCCCCCCc1ccc([Si](O)(O)c2ccc(CCCCCCCCCCCCCC)cc2)cc1. The third kappa shape index (κ3) is 17.6. The van der Waals surface area contributed by atoms with Gasteiger partial charge in [-0.25, -0.2) is 0 Å². The Hall–Kier alpha value is -1.42. The first-order chi connectivity index (χ1) is 21.1. The maximum Gasteiger partial charge on any atom is 0.401 e. The van der Waals surface area contributed by atoms with Crippen LogP contribution in [0.1, 0.15) is 179 Å². The van der Waals surface area contributed by atoms with E-state index in [2.05, 4.69) is 38.1 Å². The van der Waals surface area contributed by atoms with Crippen LogP contribution in [0.4, 0.5) is 0 Å². The summed E-state index contributed by atoms with van der Waals surface area (Å²) in [5.74, 6) is 0. The van der Waals surface area contributed by atoms with Crippen molar-refractivity contribution in [1.29, 1.82) is 0 Å². The zero-order chi connectivity index (χ0) is 30.9. The average molecular weight is 609 g/mol. The third-order valence-electron chi connectivity index (χ3n) is 9.35. The van der Waals surface area contributed by atoms with Gasteiger partial charge in [-0.3, -0.25) is 0 Å². The van der Waals surface area contributed by atoms with Crippen molar-refractivity contribution in [3.63, 3.8) is 0 Å². The number of hydrogen-bond acceptors (Lipinski definition) is 2. The van der Waals surface area contributed by atoms with Crippen LogP contribution in [-0.4, -0.2) is 18.2 Å². The first-order valence-electron chi connectivity index (χ1n) is 18.7. The molecule has 0 amide bonds. The number of unbranched alkanes of at least 4 members (excludes halogenated alkanes) is 22. The Bertz CT molecular complexity index is 816. The van der Waals surface area contributed by atoms with Crippen molar-refractivity contribution in [1.82, 2.24) is 0 Å². The summed E-state index contributed by atoms with van der Waals surface area (Å²) in [5, 5.41) is 1.36. The molecule has 244 valence electrons. The average Bonchev–Trinajstić information content (AvgIpc) is 3.02. The highest BCUT2D eigenvalue weighted by Gasteiger charge is 2.34. The fourth-order valence-electron chi connectivity index (χ4n) is 6.31. The molecule has 0 heterocycles. The van der Waals surface area contributed by atoms with Crippen LogP contribution in [-0.2, 0) is 12.8 Å². The van der Waals surface area contributed by atoms with Crippen molar-refractivity contribution in [2.45, 2.75) is 181 Å². The van der Waals surface area contributed by atoms with Crippen LogP contribution in [0, 0.1) is 0 Å². The first-order valence-corrected chi connectivity index (χ1v) is 20.6. The van der Waals surface area contributed by atoms with Gasteiger partial charge in [0, 0.05) is 0 Å². The van der Waals surface area contributed by atoms with Crippen LogP contribution in [0.15, 0.2) is 48.5 Å². The molecule has 2 aromatic rings. The van der Waals surface area contributed by atoms with Crippen LogP contribution < -0.4 is 10.4 Å². The zero-order valence-electron chi connectivity index (χ0n) is 28.4. The predicted molar refractivity (Wildman–Crippen MR) is 192 cm³/mol. The lowest BCUT2D eigenvalue weighted by molar-refractivity contribution is 0.401. The molecule has 0 aliphatic heterocycles. The van der Waals surface area contributed by atoms with Gasteiger partial charge in [0.1, 0.15) is 0 Å². The molecular formula is C40H68O2Si. The van der Waals surface area contributed by atoms with Gasteiger partial charge in [0.2, 0.25) is 0 Å². The molecule has 0 radical (unpaired) electrons. The molecule has 0 bridgehead atoms. The van der Waals surface area contributed by atoms with Crippen LogP contribution in [0.5, 0.6) is 0 Å². The predicted octanol–water partition coefficient (Wildman–Crippen LogP) is 10.7. The minimum absolute atomic E-state index is 0.680. The Morgan fingerprint density at radius 2 is 0.581 bits per heavy atom. The molecule has 0 saturated heterocycles. The summed E-state index contributed by atoms with van der Waals surface area (Å²) >= 11 is 0. The molecule has 43 heavy (non-hydrogen) atoms. The van der Waals surface area contributed by atoms with E-state index >= 15 is 0 Å². The van der Waals surface area contributed by atoms with E-state index < -0.39 is 8.56 Å². The number of hydrogen-bond donors (Lipinski definition) is 2. The molecule has 0 aromatic heterocycles. The molecule has 3 heteroatoms. The largest absolute Gasteiger partial charge is 0.404 e. The fourth-order valence-corrected chi connectivity index (χ4v) is 7.91. The van der Waals surface area contributed by atoms with Crippen LogP contribution in [0.2, 0.25) is 0 Å². The molecule has 0 spiro atoms. The van der Waals surface area contributed by atoms with Crippen LogP contribution in [0.25, 0.3) is 0 Å². The van der Waals surface area contributed by atoms with Gasteiger partial charge < -0.3 is 9.59 Å². The van der Waals surface area contributed by atoms with Gasteiger partial charge in [0.25, 0.3) is 0 Å². The van der Waals surface area contributed by atoms with Crippen molar-refractivity contribution in [2.24, 2.45) is 0 Å². The minimum atomic E-state index is -3.64. The van der Waals surface area contributed by atoms with Gasteiger partial charge in [-0.1, -0.05) is 204 Å². The summed E-state index contributed by atoms with van der Waals surface area (Å²) in [5.41, 5.74) is 2.61. The monoisotopic (exact) mass is 608 g/mol. The van der Waals surface area contributed by atoms with Crippen molar-refractivity contribution < 1.29 is 9.59 Å². The molecule has 0 aliphatic rings. The second-order valence-corrected chi connectivity index (χ2v) is 15.8. The van der Waals surface area contributed by atoms with E-state index in [0.29, 0.717) is 10.4 Å². The molecule has 2 N–H and O–H groups in total. The molecular weight excluding hydrogens is 541 g/mol. The number of aryl methyl sites for hydroxylation is 2. The molecule has 0 saturated carbocycles. The van der Waals surface area contributed by atoms with Gasteiger partial charge in [-0.15, -0.1) is 0 Å². The van der Waals surface area contributed by atoms with E-state index in [4.69, 9.17) is 0 Å². The van der Waals surface area contributed by atoms with Gasteiger partial charge in [-0.05, 0) is 47.2 Å².